The van der Waals surface area contributed by atoms with Crippen LogP contribution < -0.4 is 10.1 Å². The van der Waals surface area contributed by atoms with Crippen LogP contribution in [0.3, 0.4) is 0 Å². The van der Waals surface area contributed by atoms with Gasteiger partial charge >= 0.3 is 0 Å². The molecule has 2 aromatic carbocycles. The molecule has 0 unspecified atom stereocenters. The van der Waals surface area contributed by atoms with Crippen LogP contribution in [0.15, 0.2) is 42.5 Å². The van der Waals surface area contributed by atoms with E-state index in [0.717, 1.165) is 3.57 Å². The standard InChI is InChI=1S/C15H10ClIN2O2/c16-10-1-6-14(17)13(9-10)15(20)19-11-2-4-12(5-3-11)21-8-7-18/h1-6,9H,8H2,(H,19,20). The average molecular weight is 413 g/mol. The number of hydrogen-bond donors (Lipinski definition) is 1. The predicted octanol–water partition coefficient (Wildman–Crippen LogP) is 4.10. The molecular weight excluding hydrogens is 403 g/mol. The second kappa shape index (κ2) is 7.29. The predicted molar refractivity (Wildman–Crippen MR) is 89.7 cm³/mol. The molecule has 0 fully saturated rings. The van der Waals surface area contributed by atoms with Gasteiger partial charge in [0.05, 0.1) is 5.56 Å². The number of benzene rings is 2. The second-order valence-electron chi connectivity index (χ2n) is 4.05. The zero-order valence-corrected chi connectivity index (χ0v) is 13.7. The normalized spacial score (nSPS) is 9.76. The lowest BCUT2D eigenvalue weighted by Crippen LogP contribution is -2.13. The highest BCUT2D eigenvalue weighted by Gasteiger charge is 2.11. The summed E-state index contributed by atoms with van der Waals surface area (Å²) >= 11 is 7.99. The third-order valence-corrected chi connectivity index (χ3v) is 3.76. The smallest absolute Gasteiger partial charge is 0.256 e. The molecule has 21 heavy (non-hydrogen) atoms. The van der Waals surface area contributed by atoms with Crippen molar-refractivity contribution in [1.82, 2.24) is 0 Å². The Kier molecular flexibility index (Phi) is 5.42. The Morgan fingerprint density at radius 2 is 2.00 bits per heavy atom. The van der Waals surface area contributed by atoms with E-state index in [-0.39, 0.29) is 12.5 Å². The van der Waals surface area contributed by atoms with E-state index < -0.39 is 0 Å². The van der Waals surface area contributed by atoms with Crippen molar-refractivity contribution in [2.45, 2.75) is 0 Å². The van der Waals surface area contributed by atoms with E-state index in [2.05, 4.69) is 27.9 Å². The topological polar surface area (TPSA) is 62.1 Å². The van der Waals surface area contributed by atoms with Crippen molar-refractivity contribution in [3.05, 3.63) is 56.6 Å². The summed E-state index contributed by atoms with van der Waals surface area (Å²) in [5.41, 5.74) is 1.16. The minimum absolute atomic E-state index is 0.00752. The molecule has 106 valence electrons. The van der Waals surface area contributed by atoms with E-state index in [9.17, 15) is 4.79 Å². The summed E-state index contributed by atoms with van der Waals surface area (Å²) in [6.07, 6.45) is 0. The Morgan fingerprint density at radius 3 is 2.67 bits per heavy atom. The number of rotatable bonds is 4. The van der Waals surface area contributed by atoms with Crippen LogP contribution in [0.1, 0.15) is 10.4 Å². The number of nitrogens with zero attached hydrogens (tertiary/aromatic N) is 1. The molecule has 0 spiro atoms. The van der Waals surface area contributed by atoms with Crippen LogP contribution >= 0.6 is 34.2 Å². The van der Waals surface area contributed by atoms with Gasteiger partial charge in [-0.3, -0.25) is 4.79 Å². The number of ether oxygens (including phenoxy) is 1. The maximum absolute atomic E-state index is 12.2. The zero-order chi connectivity index (χ0) is 15.2. The largest absolute Gasteiger partial charge is 0.479 e. The van der Waals surface area contributed by atoms with Crippen molar-refractivity contribution < 1.29 is 9.53 Å². The van der Waals surface area contributed by atoms with Gasteiger partial charge in [0.15, 0.2) is 6.61 Å². The highest BCUT2D eigenvalue weighted by Crippen LogP contribution is 2.20. The fraction of sp³-hybridized carbons (Fsp3) is 0.0667. The number of anilines is 1. The summed E-state index contributed by atoms with van der Waals surface area (Å²) in [5, 5.41) is 11.7. The molecule has 0 heterocycles. The lowest BCUT2D eigenvalue weighted by Gasteiger charge is -2.08. The SMILES string of the molecule is N#CCOc1ccc(NC(=O)c2cc(Cl)ccc2I)cc1. The summed E-state index contributed by atoms with van der Waals surface area (Å²) in [4.78, 5) is 12.2. The van der Waals surface area contributed by atoms with E-state index in [1.807, 2.05) is 6.07 Å². The maximum Gasteiger partial charge on any atom is 0.256 e. The number of carbonyl (C=O) groups excluding carboxylic acids is 1. The summed E-state index contributed by atoms with van der Waals surface area (Å²) < 4.78 is 5.96. The Hall–Kier alpha value is -1.78. The van der Waals surface area contributed by atoms with Crippen LogP contribution in [-0.2, 0) is 0 Å². The number of carbonyl (C=O) groups is 1. The molecule has 4 nitrogen and oxygen atoms in total. The molecule has 2 rings (SSSR count). The van der Waals surface area contributed by atoms with Gasteiger partial charge in [0.25, 0.3) is 5.91 Å². The lowest BCUT2D eigenvalue weighted by molar-refractivity contribution is 0.102. The highest BCUT2D eigenvalue weighted by atomic mass is 127. The molecular formula is C15H10ClIN2O2. The molecule has 1 N–H and O–H groups in total. The molecule has 0 aliphatic rings. The first kappa shape index (κ1) is 15.6. The van der Waals surface area contributed by atoms with Crippen LogP contribution in [0.25, 0.3) is 0 Å². The van der Waals surface area contributed by atoms with Crippen molar-refractivity contribution in [2.24, 2.45) is 0 Å². The molecule has 2 aromatic rings. The monoisotopic (exact) mass is 412 g/mol. The molecule has 6 heteroatoms. The van der Waals surface area contributed by atoms with Crippen LogP contribution in [0.4, 0.5) is 5.69 Å². The molecule has 0 bridgehead atoms. The number of amides is 1. The maximum atomic E-state index is 12.2. The van der Waals surface area contributed by atoms with Gasteiger partial charge in [-0.05, 0) is 65.1 Å². The number of halogens is 2. The van der Waals surface area contributed by atoms with Gasteiger partial charge < -0.3 is 10.1 Å². The Bertz CT molecular complexity index is 696. The van der Waals surface area contributed by atoms with Crippen LogP contribution in [0.2, 0.25) is 5.02 Å². The first-order valence-electron chi connectivity index (χ1n) is 5.96. The van der Waals surface area contributed by atoms with Crippen molar-refractivity contribution in [3.8, 4) is 11.8 Å². The summed E-state index contributed by atoms with van der Waals surface area (Å²) in [6.45, 7) is -0.00752. The molecule has 0 aromatic heterocycles. The molecule has 0 saturated heterocycles. The number of nitriles is 1. The van der Waals surface area contributed by atoms with Gasteiger partial charge in [-0.15, -0.1) is 0 Å². The van der Waals surface area contributed by atoms with E-state index in [4.69, 9.17) is 21.6 Å². The van der Waals surface area contributed by atoms with E-state index >= 15 is 0 Å². The van der Waals surface area contributed by atoms with Crippen LogP contribution in [-0.4, -0.2) is 12.5 Å². The lowest BCUT2D eigenvalue weighted by atomic mass is 10.2. The quantitative estimate of drug-likeness (QED) is 0.769. The Labute approximate surface area is 140 Å². The van der Waals surface area contributed by atoms with Crippen molar-refractivity contribution in [3.63, 3.8) is 0 Å². The van der Waals surface area contributed by atoms with Crippen molar-refractivity contribution >= 4 is 45.8 Å². The highest BCUT2D eigenvalue weighted by molar-refractivity contribution is 14.1. The fourth-order valence-electron chi connectivity index (χ4n) is 1.62. The van der Waals surface area contributed by atoms with Crippen molar-refractivity contribution in [1.29, 1.82) is 5.26 Å². The third kappa shape index (κ3) is 4.34. The van der Waals surface area contributed by atoms with E-state index in [0.29, 0.717) is 22.0 Å². The van der Waals surface area contributed by atoms with Crippen LogP contribution in [0.5, 0.6) is 5.75 Å². The average Bonchev–Trinajstić information content (AvgIpc) is 2.49. The number of hydrogen-bond acceptors (Lipinski definition) is 3. The molecule has 0 atom stereocenters. The second-order valence-corrected chi connectivity index (χ2v) is 5.65. The van der Waals surface area contributed by atoms with Gasteiger partial charge in [0, 0.05) is 14.3 Å². The zero-order valence-electron chi connectivity index (χ0n) is 10.8. The molecule has 0 aliphatic carbocycles. The van der Waals surface area contributed by atoms with Gasteiger partial charge in [-0.25, -0.2) is 0 Å². The summed E-state index contributed by atoms with van der Waals surface area (Å²) in [6, 6.07) is 13.8. The number of nitrogens with one attached hydrogen (secondary N) is 1. The van der Waals surface area contributed by atoms with Gasteiger partial charge in [-0.2, -0.15) is 5.26 Å². The van der Waals surface area contributed by atoms with E-state index in [1.54, 1.807) is 42.5 Å². The molecule has 0 saturated carbocycles. The van der Waals surface area contributed by atoms with Crippen molar-refractivity contribution in [2.75, 3.05) is 11.9 Å². The Balaban J connectivity index is 2.09. The third-order valence-electron chi connectivity index (χ3n) is 2.59. The van der Waals surface area contributed by atoms with E-state index in [1.165, 1.54) is 0 Å². The summed E-state index contributed by atoms with van der Waals surface area (Å²) in [7, 11) is 0. The first-order chi connectivity index (χ1) is 10.1. The molecule has 0 radical (unpaired) electrons. The first-order valence-corrected chi connectivity index (χ1v) is 7.42. The molecule has 0 aliphatic heterocycles. The van der Waals surface area contributed by atoms with Gasteiger partial charge in [0.1, 0.15) is 11.8 Å². The minimum atomic E-state index is -0.229. The van der Waals surface area contributed by atoms with Gasteiger partial charge in [-0.1, -0.05) is 11.6 Å². The molecule has 1 amide bonds. The Morgan fingerprint density at radius 1 is 1.29 bits per heavy atom. The van der Waals surface area contributed by atoms with Crippen LogP contribution in [0, 0.1) is 14.9 Å². The summed E-state index contributed by atoms with van der Waals surface area (Å²) in [5.74, 6) is 0.347. The van der Waals surface area contributed by atoms with Gasteiger partial charge in [0.2, 0.25) is 0 Å². The minimum Gasteiger partial charge on any atom is -0.479 e. The fourth-order valence-corrected chi connectivity index (χ4v) is 2.37.